The molecule has 0 bridgehead atoms. The third-order valence-corrected chi connectivity index (χ3v) is 3.37. The van der Waals surface area contributed by atoms with Crippen LogP contribution in [0.25, 0.3) is 11.2 Å². The van der Waals surface area contributed by atoms with Crippen molar-refractivity contribution in [2.75, 3.05) is 5.73 Å². The molecule has 0 amide bonds. The monoisotopic (exact) mass is 290 g/mol. The molecule has 0 spiro atoms. The van der Waals surface area contributed by atoms with E-state index in [9.17, 15) is 4.39 Å². The molecule has 102 valence electrons. The van der Waals surface area contributed by atoms with Gasteiger partial charge in [-0.05, 0) is 36.2 Å². The van der Waals surface area contributed by atoms with Crippen molar-refractivity contribution in [3.8, 4) is 0 Å². The maximum atomic E-state index is 13.2. The smallest absolute Gasteiger partial charge is 0.202 e. The largest absolute Gasteiger partial charge is 0.369 e. The van der Waals surface area contributed by atoms with Gasteiger partial charge >= 0.3 is 0 Å². The van der Waals surface area contributed by atoms with Gasteiger partial charge in [-0.15, -0.1) is 0 Å². The molecular formula is C14H12ClFN4. The second kappa shape index (κ2) is 4.76. The lowest BCUT2D eigenvalue weighted by atomic mass is 10.2. The number of rotatable bonds is 2. The Labute approximate surface area is 120 Å². The van der Waals surface area contributed by atoms with Crippen LogP contribution < -0.4 is 5.73 Å². The molecule has 1 aromatic carbocycles. The van der Waals surface area contributed by atoms with E-state index in [0.29, 0.717) is 18.1 Å². The molecule has 3 rings (SSSR count). The number of fused-ring (bicyclic) bond motifs is 1. The first kappa shape index (κ1) is 12.9. The molecule has 0 aliphatic heterocycles. The molecular weight excluding hydrogens is 279 g/mol. The fourth-order valence-corrected chi connectivity index (χ4v) is 2.31. The maximum Gasteiger partial charge on any atom is 0.202 e. The minimum absolute atomic E-state index is 0.0919. The minimum atomic E-state index is -0.437. The zero-order valence-electron chi connectivity index (χ0n) is 10.8. The van der Waals surface area contributed by atoms with Gasteiger partial charge < -0.3 is 5.73 Å². The highest BCUT2D eigenvalue weighted by molar-refractivity contribution is 6.30. The molecule has 3 aromatic rings. The van der Waals surface area contributed by atoms with E-state index in [1.807, 2.05) is 13.0 Å². The number of hydrogen-bond donors (Lipinski definition) is 1. The molecule has 0 aliphatic carbocycles. The zero-order chi connectivity index (χ0) is 14.3. The predicted octanol–water partition coefficient (Wildman–Crippen LogP) is 3.16. The lowest BCUT2D eigenvalue weighted by Gasteiger charge is -2.07. The van der Waals surface area contributed by atoms with Crippen LogP contribution in [-0.2, 0) is 6.54 Å². The maximum absolute atomic E-state index is 13.2. The van der Waals surface area contributed by atoms with Gasteiger partial charge in [0.25, 0.3) is 0 Å². The van der Waals surface area contributed by atoms with Crippen molar-refractivity contribution in [3.63, 3.8) is 0 Å². The van der Waals surface area contributed by atoms with Gasteiger partial charge in [-0.3, -0.25) is 4.57 Å². The molecule has 2 N–H and O–H groups in total. The Morgan fingerprint density at radius 3 is 2.90 bits per heavy atom. The van der Waals surface area contributed by atoms with Crippen molar-refractivity contribution in [3.05, 3.63) is 52.4 Å². The van der Waals surface area contributed by atoms with E-state index in [2.05, 4.69) is 9.97 Å². The number of halogens is 2. The normalized spacial score (nSPS) is 11.2. The molecule has 2 aromatic heterocycles. The minimum Gasteiger partial charge on any atom is -0.369 e. The number of hydrogen-bond acceptors (Lipinski definition) is 3. The fourth-order valence-electron chi connectivity index (χ4n) is 2.11. The third-order valence-electron chi connectivity index (χ3n) is 3.08. The Kier molecular flexibility index (Phi) is 3.06. The van der Waals surface area contributed by atoms with Crippen molar-refractivity contribution in [2.45, 2.75) is 13.5 Å². The van der Waals surface area contributed by atoms with Gasteiger partial charge in [0.1, 0.15) is 11.3 Å². The van der Waals surface area contributed by atoms with E-state index >= 15 is 0 Å². The van der Waals surface area contributed by atoms with Gasteiger partial charge in [-0.1, -0.05) is 17.7 Å². The van der Waals surface area contributed by atoms with Crippen molar-refractivity contribution < 1.29 is 4.39 Å². The van der Waals surface area contributed by atoms with Gasteiger partial charge in [0.05, 0.1) is 11.6 Å². The van der Waals surface area contributed by atoms with Gasteiger partial charge in [0, 0.05) is 6.20 Å². The Bertz CT molecular complexity index is 797. The lowest BCUT2D eigenvalue weighted by Crippen LogP contribution is -2.05. The van der Waals surface area contributed by atoms with E-state index in [4.69, 9.17) is 17.3 Å². The number of aryl methyl sites for hydroxylation is 1. The number of pyridine rings is 1. The summed E-state index contributed by atoms with van der Waals surface area (Å²) in [6.45, 7) is 2.39. The molecule has 20 heavy (non-hydrogen) atoms. The highest BCUT2D eigenvalue weighted by Crippen LogP contribution is 2.21. The number of benzene rings is 1. The van der Waals surface area contributed by atoms with Gasteiger partial charge in [0.2, 0.25) is 5.95 Å². The Morgan fingerprint density at radius 2 is 2.15 bits per heavy atom. The van der Waals surface area contributed by atoms with Crippen LogP contribution in [0.4, 0.5) is 10.3 Å². The standard InChI is InChI=1S/C14H12ClFN4/c1-8-4-12-13(18-6-8)20(14(17)19-12)7-9-2-3-11(16)10(15)5-9/h2-6H,7H2,1H3,(H2,17,19). The summed E-state index contributed by atoms with van der Waals surface area (Å²) in [5.41, 5.74) is 9.23. The van der Waals surface area contributed by atoms with Crippen molar-refractivity contribution in [2.24, 2.45) is 0 Å². The highest BCUT2D eigenvalue weighted by atomic mass is 35.5. The number of nitrogen functional groups attached to an aromatic ring is 1. The topological polar surface area (TPSA) is 56.7 Å². The summed E-state index contributed by atoms with van der Waals surface area (Å²) in [5.74, 6) is -0.0637. The SMILES string of the molecule is Cc1cnc2c(c1)nc(N)n2Cc1ccc(F)c(Cl)c1. The first-order valence-corrected chi connectivity index (χ1v) is 6.44. The quantitative estimate of drug-likeness (QED) is 0.789. The van der Waals surface area contributed by atoms with Crippen LogP contribution in [0, 0.1) is 12.7 Å². The summed E-state index contributed by atoms with van der Waals surface area (Å²) < 4.78 is 14.9. The molecule has 6 heteroatoms. The molecule has 0 unspecified atom stereocenters. The Hall–Kier alpha value is -2.14. The number of anilines is 1. The molecule has 0 saturated carbocycles. The van der Waals surface area contributed by atoms with Gasteiger partial charge in [0.15, 0.2) is 5.65 Å². The number of nitrogens with zero attached hydrogens (tertiary/aromatic N) is 3. The highest BCUT2D eigenvalue weighted by Gasteiger charge is 2.11. The van der Waals surface area contributed by atoms with Crippen LogP contribution in [0.3, 0.4) is 0 Å². The number of aromatic nitrogens is 3. The number of imidazole rings is 1. The summed E-state index contributed by atoms with van der Waals surface area (Å²) in [7, 11) is 0. The lowest BCUT2D eigenvalue weighted by molar-refractivity contribution is 0.627. The van der Waals surface area contributed by atoms with E-state index in [-0.39, 0.29) is 5.02 Å². The summed E-state index contributed by atoms with van der Waals surface area (Å²) >= 11 is 5.79. The van der Waals surface area contributed by atoms with E-state index in [0.717, 1.165) is 16.6 Å². The van der Waals surface area contributed by atoms with Crippen LogP contribution in [-0.4, -0.2) is 14.5 Å². The molecule has 0 fully saturated rings. The molecule has 4 nitrogen and oxygen atoms in total. The first-order valence-electron chi connectivity index (χ1n) is 6.07. The summed E-state index contributed by atoms with van der Waals surface area (Å²) in [6, 6.07) is 6.51. The summed E-state index contributed by atoms with van der Waals surface area (Å²) in [4.78, 5) is 8.63. The van der Waals surface area contributed by atoms with E-state index in [1.54, 1.807) is 22.9 Å². The molecule has 2 heterocycles. The average Bonchev–Trinajstić information content (AvgIpc) is 2.69. The zero-order valence-corrected chi connectivity index (χ0v) is 11.5. The molecule has 0 aliphatic rings. The summed E-state index contributed by atoms with van der Waals surface area (Å²) in [5, 5.41) is 0.0919. The Morgan fingerprint density at radius 1 is 1.35 bits per heavy atom. The van der Waals surface area contributed by atoms with Gasteiger partial charge in [-0.25, -0.2) is 14.4 Å². The molecule has 0 atom stereocenters. The van der Waals surface area contributed by atoms with Crippen molar-refractivity contribution in [1.82, 2.24) is 14.5 Å². The predicted molar refractivity (Wildman–Crippen MR) is 77.2 cm³/mol. The van der Waals surface area contributed by atoms with Crippen LogP contribution in [0.1, 0.15) is 11.1 Å². The first-order chi connectivity index (χ1) is 9.54. The van der Waals surface area contributed by atoms with Gasteiger partial charge in [-0.2, -0.15) is 0 Å². The summed E-state index contributed by atoms with van der Waals surface area (Å²) in [6.07, 6.45) is 1.76. The molecule has 0 radical (unpaired) electrons. The second-order valence-electron chi connectivity index (χ2n) is 4.66. The number of nitrogens with two attached hydrogens (primary N) is 1. The fraction of sp³-hybridized carbons (Fsp3) is 0.143. The van der Waals surface area contributed by atoms with E-state index < -0.39 is 5.82 Å². The van der Waals surface area contributed by atoms with Crippen molar-refractivity contribution in [1.29, 1.82) is 0 Å². The van der Waals surface area contributed by atoms with E-state index in [1.165, 1.54) is 6.07 Å². The third kappa shape index (κ3) is 2.20. The second-order valence-corrected chi connectivity index (χ2v) is 5.07. The Balaban J connectivity index is 2.05. The van der Waals surface area contributed by atoms with Crippen LogP contribution in [0.2, 0.25) is 5.02 Å². The van der Waals surface area contributed by atoms with Crippen LogP contribution >= 0.6 is 11.6 Å². The van der Waals surface area contributed by atoms with Crippen LogP contribution in [0.5, 0.6) is 0 Å². The molecule has 0 saturated heterocycles. The average molecular weight is 291 g/mol. The van der Waals surface area contributed by atoms with Crippen LogP contribution in [0.15, 0.2) is 30.5 Å². The van der Waals surface area contributed by atoms with Crippen molar-refractivity contribution >= 4 is 28.7 Å².